The molecule has 1 rings (SSSR count). The van der Waals surface area contributed by atoms with Crippen LogP contribution in [0.15, 0.2) is 23.1 Å². The van der Waals surface area contributed by atoms with E-state index in [1.165, 1.54) is 17.4 Å². The van der Waals surface area contributed by atoms with Crippen LogP contribution in [-0.2, 0) is 10.0 Å². The maximum atomic E-state index is 12.4. The number of aryl methyl sites for hydroxylation is 1. The second kappa shape index (κ2) is 5.83. The van der Waals surface area contributed by atoms with Crippen molar-refractivity contribution in [2.75, 3.05) is 7.05 Å². The van der Waals surface area contributed by atoms with Gasteiger partial charge in [-0.1, -0.05) is 6.07 Å². The monoisotopic (exact) mass is 277 g/mol. The van der Waals surface area contributed by atoms with Crippen molar-refractivity contribution < 1.29 is 8.42 Å². The Labute approximate surface area is 113 Å². The van der Waals surface area contributed by atoms with Gasteiger partial charge in [-0.15, -0.1) is 0 Å². The highest BCUT2D eigenvalue weighted by atomic mass is 32.2. The molecule has 0 aromatic heterocycles. The molecule has 1 unspecified atom stereocenters. The Bertz CT molecular complexity index is 653. The molecule has 1 atom stereocenters. The van der Waals surface area contributed by atoms with Crippen LogP contribution >= 0.6 is 0 Å². The van der Waals surface area contributed by atoms with E-state index in [1.54, 1.807) is 26.0 Å². The van der Waals surface area contributed by atoms with Gasteiger partial charge in [-0.25, -0.2) is 8.42 Å². The van der Waals surface area contributed by atoms with Crippen molar-refractivity contribution in [3.8, 4) is 12.1 Å². The summed E-state index contributed by atoms with van der Waals surface area (Å²) in [6, 6.07) is 8.00. The molecule has 1 aromatic carbocycles. The molecule has 19 heavy (non-hydrogen) atoms. The molecule has 0 spiro atoms. The molecule has 0 saturated carbocycles. The van der Waals surface area contributed by atoms with Crippen LogP contribution in [-0.4, -0.2) is 25.8 Å². The summed E-state index contributed by atoms with van der Waals surface area (Å²) in [6.45, 7) is 3.35. The summed E-state index contributed by atoms with van der Waals surface area (Å²) in [6.07, 6.45) is 0.118. The lowest BCUT2D eigenvalue weighted by Crippen LogP contribution is -2.35. The van der Waals surface area contributed by atoms with Gasteiger partial charge in [0.25, 0.3) is 0 Å². The topological polar surface area (TPSA) is 85.0 Å². The first-order valence-corrected chi connectivity index (χ1v) is 7.14. The van der Waals surface area contributed by atoms with Crippen LogP contribution in [0.25, 0.3) is 0 Å². The summed E-state index contributed by atoms with van der Waals surface area (Å²) in [5.41, 5.74) is 0.875. The Morgan fingerprint density at radius 2 is 2.00 bits per heavy atom. The lowest BCUT2D eigenvalue weighted by Gasteiger charge is -2.23. The van der Waals surface area contributed by atoms with Gasteiger partial charge in [-0.3, -0.25) is 0 Å². The second-order valence-corrected chi connectivity index (χ2v) is 6.29. The molecule has 0 heterocycles. The number of nitrogens with zero attached hydrogens (tertiary/aromatic N) is 3. The number of nitriles is 2. The Balaban J connectivity index is 3.29. The molecule has 100 valence electrons. The third-order valence-corrected chi connectivity index (χ3v) is 5.10. The fourth-order valence-corrected chi connectivity index (χ4v) is 3.21. The predicted octanol–water partition coefficient (Wildman–Crippen LogP) is 1.79. The van der Waals surface area contributed by atoms with E-state index < -0.39 is 16.1 Å². The Morgan fingerprint density at radius 1 is 1.37 bits per heavy atom. The quantitative estimate of drug-likeness (QED) is 0.839. The van der Waals surface area contributed by atoms with Crippen molar-refractivity contribution in [1.29, 1.82) is 10.5 Å². The normalized spacial score (nSPS) is 12.7. The Kier molecular flexibility index (Phi) is 4.66. The van der Waals surface area contributed by atoms with Crippen molar-refractivity contribution in [3.05, 3.63) is 29.3 Å². The largest absolute Gasteiger partial charge is 0.243 e. The van der Waals surface area contributed by atoms with Crippen LogP contribution in [0.3, 0.4) is 0 Å². The van der Waals surface area contributed by atoms with Crippen molar-refractivity contribution in [2.45, 2.75) is 31.2 Å². The molecular weight excluding hydrogens is 262 g/mol. The van der Waals surface area contributed by atoms with Gasteiger partial charge in [0.15, 0.2) is 0 Å². The highest BCUT2D eigenvalue weighted by Gasteiger charge is 2.26. The first-order chi connectivity index (χ1) is 8.84. The summed E-state index contributed by atoms with van der Waals surface area (Å²) in [7, 11) is -2.25. The standard InChI is InChI=1S/C13H15N3O2S/c1-10-4-5-12(9-15)8-13(10)19(17,18)16(3)11(2)6-7-14/h4-5,8,11H,6H2,1-3H3. The van der Waals surface area contributed by atoms with E-state index >= 15 is 0 Å². The predicted molar refractivity (Wildman–Crippen MR) is 70.5 cm³/mol. The molecule has 5 nitrogen and oxygen atoms in total. The van der Waals surface area contributed by atoms with Crippen LogP contribution < -0.4 is 0 Å². The molecule has 0 aliphatic heterocycles. The minimum atomic E-state index is -3.69. The zero-order valence-electron chi connectivity index (χ0n) is 11.1. The number of hydrogen-bond donors (Lipinski definition) is 0. The van der Waals surface area contributed by atoms with E-state index in [0.717, 1.165) is 0 Å². The molecule has 6 heteroatoms. The number of hydrogen-bond acceptors (Lipinski definition) is 4. The number of benzene rings is 1. The zero-order chi connectivity index (χ0) is 14.6. The van der Waals surface area contributed by atoms with Gasteiger partial charge in [0.2, 0.25) is 10.0 Å². The average molecular weight is 277 g/mol. The summed E-state index contributed by atoms with van der Waals surface area (Å²) in [5, 5.41) is 17.5. The summed E-state index contributed by atoms with van der Waals surface area (Å²) >= 11 is 0. The van der Waals surface area contributed by atoms with Crippen LogP contribution in [0.5, 0.6) is 0 Å². The van der Waals surface area contributed by atoms with Gasteiger partial charge in [-0.2, -0.15) is 14.8 Å². The fourth-order valence-electron chi connectivity index (χ4n) is 1.60. The minimum absolute atomic E-state index is 0.110. The lowest BCUT2D eigenvalue weighted by atomic mass is 10.2. The van der Waals surface area contributed by atoms with Crippen LogP contribution in [0, 0.1) is 29.6 Å². The smallest absolute Gasteiger partial charge is 0.207 e. The third-order valence-electron chi connectivity index (χ3n) is 2.98. The van der Waals surface area contributed by atoms with Crippen molar-refractivity contribution in [1.82, 2.24) is 4.31 Å². The summed E-state index contributed by atoms with van der Waals surface area (Å²) in [4.78, 5) is 0.110. The molecule has 1 aromatic rings. The number of sulfonamides is 1. The Morgan fingerprint density at radius 3 is 2.53 bits per heavy atom. The first-order valence-electron chi connectivity index (χ1n) is 5.70. The average Bonchev–Trinajstić information content (AvgIpc) is 2.38. The molecule has 0 N–H and O–H groups in total. The van der Waals surface area contributed by atoms with E-state index in [4.69, 9.17) is 10.5 Å². The molecule has 0 saturated heterocycles. The highest BCUT2D eigenvalue weighted by Crippen LogP contribution is 2.22. The molecule has 0 aliphatic rings. The zero-order valence-corrected chi connectivity index (χ0v) is 11.9. The molecular formula is C13H15N3O2S. The highest BCUT2D eigenvalue weighted by molar-refractivity contribution is 7.89. The van der Waals surface area contributed by atoms with Crippen LogP contribution in [0.4, 0.5) is 0 Å². The summed E-state index contributed by atoms with van der Waals surface area (Å²) < 4.78 is 26.1. The SMILES string of the molecule is Cc1ccc(C#N)cc1S(=O)(=O)N(C)C(C)CC#N. The van der Waals surface area contributed by atoms with E-state index in [2.05, 4.69) is 0 Å². The Hall–Kier alpha value is -1.89. The molecule has 0 radical (unpaired) electrons. The maximum absolute atomic E-state index is 12.4. The van der Waals surface area contributed by atoms with Crippen molar-refractivity contribution >= 4 is 10.0 Å². The maximum Gasteiger partial charge on any atom is 0.243 e. The lowest BCUT2D eigenvalue weighted by molar-refractivity contribution is 0.393. The molecule has 0 aliphatic carbocycles. The van der Waals surface area contributed by atoms with Gasteiger partial charge < -0.3 is 0 Å². The van der Waals surface area contributed by atoms with Gasteiger partial charge in [0.05, 0.1) is 29.0 Å². The molecule has 0 fully saturated rings. The van der Waals surface area contributed by atoms with Gasteiger partial charge >= 0.3 is 0 Å². The van der Waals surface area contributed by atoms with Crippen molar-refractivity contribution in [2.24, 2.45) is 0 Å². The minimum Gasteiger partial charge on any atom is -0.207 e. The fraction of sp³-hybridized carbons (Fsp3) is 0.385. The molecule has 0 bridgehead atoms. The number of rotatable bonds is 4. The van der Waals surface area contributed by atoms with E-state index in [1.807, 2.05) is 12.1 Å². The second-order valence-electron chi connectivity index (χ2n) is 4.32. The first kappa shape index (κ1) is 15.2. The third kappa shape index (κ3) is 3.11. The summed E-state index contributed by atoms with van der Waals surface area (Å²) in [5.74, 6) is 0. The van der Waals surface area contributed by atoms with Gasteiger partial charge in [0.1, 0.15) is 0 Å². The van der Waals surface area contributed by atoms with Crippen LogP contribution in [0.1, 0.15) is 24.5 Å². The van der Waals surface area contributed by atoms with E-state index in [9.17, 15) is 8.42 Å². The van der Waals surface area contributed by atoms with Crippen molar-refractivity contribution in [3.63, 3.8) is 0 Å². The van der Waals surface area contributed by atoms with E-state index in [0.29, 0.717) is 11.1 Å². The van der Waals surface area contributed by atoms with E-state index in [-0.39, 0.29) is 11.3 Å². The van der Waals surface area contributed by atoms with Gasteiger partial charge in [-0.05, 0) is 31.5 Å². The van der Waals surface area contributed by atoms with Gasteiger partial charge in [0, 0.05) is 13.1 Å². The van der Waals surface area contributed by atoms with Crippen LogP contribution in [0.2, 0.25) is 0 Å². The molecule has 0 amide bonds.